The van der Waals surface area contributed by atoms with Gasteiger partial charge in [-0.25, -0.2) is 9.78 Å². The molecule has 0 aliphatic heterocycles. The second kappa shape index (κ2) is 10.8. The summed E-state index contributed by atoms with van der Waals surface area (Å²) in [5.74, 6) is 0.0133. The fourth-order valence-electron chi connectivity index (χ4n) is 2.76. The summed E-state index contributed by atoms with van der Waals surface area (Å²) in [7, 11) is 2.02. The van der Waals surface area contributed by atoms with Gasteiger partial charge in [0.15, 0.2) is 0 Å². The number of ether oxygens (including phenoxy) is 1. The summed E-state index contributed by atoms with van der Waals surface area (Å²) < 4.78 is 6.78. The van der Waals surface area contributed by atoms with Crippen LogP contribution in [-0.4, -0.2) is 51.3 Å². The van der Waals surface area contributed by atoms with E-state index in [4.69, 9.17) is 4.74 Å². The quantitative estimate of drug-likeness (QED) is 0.546. The third-order valence-electron chi connectivity index (χ3n) is 4.50. The van der Waals surface area contributed by atoms with Gasteiger partial charge in [0, 0.05) is 38.1 Å². The van der Waals surface area contributed by atoms with E-state index in [1.165, 1.54) is 0 Å². The summed E-state index contributed by atoms with van der Waals surface area (Å²) >= 11 is 0. The van der Waals surface area contributed by atoms with Crippen LogP contribution in [0.4, 0.5) is 10.5 Å². The van der Waals surface area contributed by atoms with E-state index in [2.05, 4.69) is 37.6 Å². The molecule has 2 N–H and O–H groups in total. The molecule has 0 bridgehead atoms. The molecule has 1 amide bonds. The minimum atomic E-state index is -0.463. The number of aromatic hydroxyl groups is 1. The zero-order valence-corrected chi connectivity index (χ0v) is 17.6. The number of hydrogen-bond donors (Lipinski definition) is 2. The summed E-state index contributed by atoms with van der Waals surface area (Å²) in [6.07, 6.45) is 6.88. The first-order valence-electron chi connectivity index (χ1n) is 9.97. The Hall–Kier alpha value is -3.88. The molecule has 162 valence electrons. The summed E-state index contributed by atoms with van der Waals surface area (Å²) in [5, 5.41) is 19.9. The molecule has 2 aromatic heterocycles. The molecule has 3 aromatic rings. The van der Waals surface area contributed by atoms with Gasteiger partial charge >= 0.3 is 6.09 Å². The predicted octanol–water partition coefficient (Wildman–Crippen LogP) is 2.93. The van der Waals surface area contributed by atoms with Crippen LogP contribution in [0, 0.1) is 0 Å². The number of rotatable bonds is 9. The molecule has 0 saturated carbocycles. The van der Waals surface area contributed by atoms with Crippen LogP contribution in [0.2, 0.25) is 0 Å². The molecule has 3 rings (SSSR count). The number of carbonyl (C=O) groups excluding carboxylic acids is 1. The first-order chi connectivity index (χ1) is 15.0. The van der Waals surface area contributed by atoms with Gasteiger partial charge in [-0.3, -0.25) is 4.68 Å². The number of carbonyl (C=O) groups is 1. The van der Waals surface area contributed by atoms with Gasteiger partial charge in [0.05, 0.1) is 12.7 Å². The Morgan fingerprint density at radius 3 is 2.65 bits per heavy atom. The van der Waals surface area contributed by atoms with Crippen molar-refractivity contribution in [2.24, 2.45) is 0 Å². The lowest BCUT2D eigenvalue weighted by atomic mass is 10.1. The highest BCUT2D eigenvalue weighted by Gasteiger charge is 2.06. The van der Waals surface area contributed by atoms with Crippen LogP contribution >= 0.6 is 0 Å². The van der Waals surface area contributed by atoms with E-state index in [9.17, 15) is 9.90 Å². The maximum atomic E-state index is 11.3. The molecular formula is C22H26N6O3. The van der Waals surface area contributed by atoms with Crippen LogP contribution < -0.4 is 10.2 Å². The van der Waals surface area contributed by atoms with E-state index < -0.39 is 6.09 Å². The lowest BCUT2D eigenvalue weighted by Gasteiger charge is -2.19. The maximum Gasteiger partial charge on any atom is 0.407 e. The number of benzene rings is 1. The molecule has 0 atom stereocenters. The van der Waals surface area contributed by atoms with E-state index in [1.807, 2.05) is 44.3 Å². The minimum Gasteiger partial charge on any atom is -0.493 e. The molecular weight excluding hydrogens is 396 g/mol. The van der Waals surface area contributed by atoms with Crippen molar-refractivity contribution in [2.75, 3.05) is 25.0 Å². The number of alkyl carbamates (subject to hydrolysis) is 1. The van der Waals surface area contributed by atoms with E-state index >= 15 is 0 Å². The normalized spacial score (nSPS) is 10.9. The molecule has 1 aromatic carbocycles. The van der Waals surface area contributed by atoms with Crippen molar-refractivity contribution >= 4 is 23.9 Å². The molecule has 31 heavy (non-hydrogen) atoms. The molecule has 9 heteroatoms. The Bertz CT molecular complexity index is 999. The topological polar surface area (TPSA) is 105 Å². The van der Waals surface area contributed by atoms with Gasteiger partial charge in [-0.15, -0.1) is 5.10 Å². The van der Waals surface area contributed by atoms with E-state index in [1.54, 1.807) is 23.1 Å². The Balaban J connectivity index is 1.48. The van der Waals surface area contributed by atoms with Crippen molar-refractivity contribution in [1.29, 1.82) is 0 Å². The van der Waals surface area contributed by atoms with E-state index in [0.717, 1.165) is 23.4 Å². The van der Waals surface area contributed by atoms with Gasteiger partial charge in [-0.05, 0) is 36.2 Å². The lowest BCUT2D eigenvalue weighted by molar-refractivity contribution is 0.139. The number of hydrogen-bond acceptors (Lipinski definition) is 7. The molecule has 0 aliphatic rings. The molecule has 0 aliphatic carbocycles. The smallest absolute Gasteiger partial charge is 0.407 e. The van der Waals surface area contributed by atoms with Crippen LogP contribution in [0.5, 0.6) is 5.88 Å². The van der Waals surface area contributed by atoms with Gasteiger partial charge in [0.1, 0.15) is 12.3 Å². The molecule has 0 fully saturated rings. The summed E-state index contributed by atoms with van der Waals surface area (Å²) in [5.41, 5.74) is 3.68. The van der Waals surface area contributed by atoms with E-state index in [-0.39, 0.29) is 12.5 Å². The Morgan fingerprint density at radius 1 is 1.19 bits per heavy atom. The number of likely N-dealkylation sites (N-methyl/N-ethyl adjacent to an activating group) is 1. The number of amides is 1. The maximum absolute atomic E-state index is 11.3. The highest BCUT2D eigenvalue weighted by atomic mass is 16.5. The largest absolute Gasteiger partial charge is 0.493 e. The number of pyridine rings is 1. The number of nitrogens with one attached hydrogen (secondary N) is 1. The Kier molecular flexibility index (Phi) is 7.58. The molecule has 9 nitrogen and oxygen atoms in total. The second-order valence-electron chi connectivity index (χ2n) is 6.88. The average Bonchev–Trinajstić information content (AvgIpc) is 3.24. The van der Waals surface area contributed by atoms with Crippen molar-refractivity contribution < 1.29 is 14.6 Å². The first-order valence-corrected chi connectivity index (χ1v) is 9.97. The minimum absolute atomic E-state index is 0.0133. The molecule has 0 unspecified atom stereocenters. The SMILES string of the molecule is CCNC(=O)OCc1cn(CCN(C)c2ccc(/C=C/c3ccc(O)nc3)cc2)nn1. The highest BCUT2D eigenvalue weighted by molar-refractivity contribution is 5.70. The first kappa shape index (κ1) is 21.8. The number of anilines is 1. The zero-order chi connectivity index (χ0) is 22.1. The average molecular weight is 422 g/mol. The summed E-state index contributed by atoms with van der Waals surface area (Å²) in [4.78, 5) is 17.3. The van der Waals surface area contributed by atoms with Crippen LogP contribution in [0.15, 0.2) is 48.8 Å². The molecule has 0 saturated heterocycles. The van der Waals surface area contributed by atoms with Crippen molar-refractivity contribution in [1.82, 2.24) is 25.3 Å². The van der Waals surface area contributed by atoms with Gasteiger partial charge in [-0.2, -0.15) is 0 Å². The van der Waals surface area contributed by atoms with Crippen LogP contribution in [0.1, 0.15) is 23.7 Å². The number of aromatic nitrogens is 4. The van der Waals surface area contributed by atoms with Gasteiger partial charge in [0.25, 0.3) is 0 Å². The van der Waals surface area contributed by atoms with Gasteiger partial charge in [-0.1, -0.05) is 29.5 Å². The molecule has 0 spiro atoms. The number of nitrogens with zero attached hydrogens (tertiary/aromatic N) is 5. The van der Waals surface area contributed by atoms with Crippen LogP contribution in [0.25, 0.3) is 12.2 Å². The monoisotopic (exact) mass is 422 g/mol. The third kappa shape index (κ3) is 6.84. The van der Waals surface area contributed by atoms with E-state index in [0.29, 0.717) is 18.8 Å². The van der Waals surface area contributed by atoms with Crippen molar-refractivity contribution in [3.8, 4) is 5.88 Å². The van der Waals surface area contributed by atoms with Crippen molar-refractivity contribution in [3.05, 3.63) is 65.6 Å². The Labute approximate surface area is 181 Å². The Morgan fingerprint density at radius 2 is 1.94 bits per heavy atom. The fraction of sp³-hybridized carbons (Fsp3) is 0.273. The van der Waals surface area contributed by atoms with Crippen molar-refractivity contribution in [3.63, 3.8) is 0 Å². The lowest BCUT2D eigenvalue weighted by Crippen LogP contribution is -2.23. The predicted molar refractivity (Wildman–Crippen MR) is 118 cm³/mol. The zero-order valence-electron chi connectivity index (χ0n) is 17.6. The standard InChI is InChI=1S/C22H26N6O3/c1-3-23-22(30)31-16-19-15-28(26-25-19)13-12-27(2)20-9-6-17(7-10-20)4-5-18-8-11-21(29)24-14-18/h4-11,14-15H,3,12-13,16H2,1-2H3,(H,23,30)(H,24,29)/b5-4+. The van der Waals surface area contributed by atoms with Crippen molar-refractivity contribution in [2.45, 2.75) is 20.1 Å². The highest BCUT2D eigenvalue weighted by Crippen LogP contribution is 2.16. The second-order valence-corrected chi connectivity index (χ2v) is 6.88. The van der Waals surface area contributed by atoms with Crippen LogP contribution in [-0.2, 0) is 17.9 Å². The molecule has 2 heterocycles. The van der Waals surface area contributed by atoms with Gasteiger partial charge in [0.2, 0.25) is 5.88 Å². The summed E-state index contributed by atoms with van der Waals surface area (Å²) in [6.45, 7) is 3.84. The third-order valence-corrected chi connectivity index (χ3v) is 4.50. The van der Waals surface area contributed by atoms with Crippen LogP contribution in [0.3, 0.4) is 0 Å². The van der Waals surface area contributed by atoms with Gasteiger partial charge < -0.3 is 20.1 Å². The molecule has 0 radical (unpaired) electrons. The summed E-state index contributed by atoms with van der Waals surface area (Å²) in [6, 6.07) is 11.6. The fourth-order valence-corrected chi connectivity index (χ4v) is 2.76.